The highest BCUT2D eigenvalue weighted by molar-refractivity contribution is 9.10. The van der Waals surface area contributed by atoms with Gasteiger partial charge in [-0.15, -0.1) is 0 Å². The molecular weight excluding hydrogens is 433 g/mol. The summed E-state index contributed by atoms with van der Waals surface area (Å²) >= 11 is 15.6. The summed E-state index contributed by atoms with van der Waals surface area (Å²) in [5.74, 6) is 0.823. The number of halogens is 3. The van der Waals surface area contributed by atoms with E-state index < -0.39 is 0 Å². The van der Waals surface area contributed by atoms with Crippen LogP contribution in [0.4, 0.5) is 5.69 Å². The van der Waals surface area contributed by atoms with Gasteiger partial charge >= 0.3 is 0 Å². The Kier molecular flexibility index (Phi) is 6.47. The van der Waals surface area contributed by atoms with Gasteiger partial charge in [0.05, 0.1) is 14.5 Å². The van der Waals surface area contributed by atoms with Crippen LogP contribution in [0.1, 0.15) is 16.7 Å². The molecule has 134 valence electrons. The predicted molar refractivity (Wildman–Crippen MR) is 113 cm³/mol. The third-order valence-corrected chi connectivity index (χ3v) is 5.29. The molecule has 0 saturated heterocycles. The molecule has 0 amide bonds. The quantitative estimate of drug-likeness (QED) is 0.426. The second kappa shape index (κ2) is 8.81. The zero-order chi connectivity index (χ0) is 18.5. The van der Waals surface area contributed by atoms with Crippen molar-refractivity contribution >= 4 is 44.8 Å². The monoisotopic (exact) mass is 449 g/mol. The number of hydrogen-bond acceptors (Lipinski definition) is 2. The number of nitrogens with one attached hydrogen (secondary N) is 1. The van der Waals surface area contributed by atoms with Gasteiger partial charge in [0.15, 0.2) is 0 Å². The molecule has 0 aliphatic heterocycles. The summed E-state index contributed by atoms with van der Waals surface area (Å²) in [4.78, 5) is 0. The highest BCUT2D eigenvalue weighted by Crippen LogP contribution is 2.28. The zero-order valence-corrected chi connectivity index (χ0v) is 17.3. The lowest BCUT2D eigenvalue weighted by atomic mass is 10.2. The molecule has 3 aromatic rings. The van der Waals surface area contributed by atoms with Crippen molar-refractivity contribution < 1.29 is 4.74 Å². The van der Waals surface area contributed by atoms with Gasteiger partial charge in [-0.2, -0.15) is 0 Å². The number of hydrogen-bond donors (Lipinski definition) is 1. The largest absolute Gasteiger partial charge is 0.488 e. The van der Waals surface area contributed by atoms with Gasteiger partial charge in [0.1, 0.15) is 12.4 Å². The van der Waals surface area contributed by atoms with Gasteiger partial charge in [-0.25, -0.2) is 0 Å². The standard InChI is InChI=1S/C21H18BrCl2NO/c1-14-2-4-15(5-3-14)13-26-21-9-6-16(10-18(21)22)12-25-17-7-8-19(23)20(24)11-17/h2-11,25H,12-13H2,1H3. The van der Waals surface area contributed by atoms with Crippen LogP contribution >= 0.6 is 39.1 Å². The molecule has 0 aliphatic rings. The lowest BCUT2D eigenvalue weighted by Gasteiger charge is -2.11. The number of benzene rings is 3. The van der Waals surface area contributed by atoms with E-state index in [1.54, 1.807) is 6.07 Å². The Balaban J connectivity index is 1.59. The molecule has 0 fully saturated rings. The van der Waals surface area contributed by atoms with Crippen LogP contribution in [0.15, 0.2) is 65.1 Å². The molecule has 5 heteroatoms. The van der Waals surface area contributed by atoms with E-state index in [1.807, 2.05) is 24.3 Å². The highest BCUT2D eigenvalue weighted by atomic mass is 79.9. The van der Waals surface area contributed by atoms with E-state index in [0.717, 1.165) is 27.0 Å². The number of anilines is 1. The average molecular weight is 451 g/mol. The molecule has 0 saturated carbocycles. The zero-order valence-electron chi connectivity index (χ0n) is 14.2. The van der Waals surface area contributed by atoms with Crippen LogP contribution in [0, 0.1) is 6.92 Å². The molecule has 1 N–H and O–H groups in total. The molecule has 0 unspecified atom stereocenters. The van der Waals surface area contributed by atoms with Crippen LogP contribution in [-0.4, -0.2) is 0 Å². The Hall–Kier alpha value is -1.68. The molecular formula is C21H18BrCl2NO. The Morgan fingerprint density at radius 2 is 1.62 bits per heavy atom. The first-order valence-corrected chi connectivity index (χ1v) is 9.72. The van der Waals surface area contributed by atoms with Crippen molar-refractivity contribution in [3.63, 3.8) is 0 Å². The molecule has 3 aromatic carbocycles. The summed E-state index contributed by atoms with van der Waals surface area (Å²) in [6.07, 6.45) is 0. The molecule has 0 aromatic heterocycles. The first-order valence-electron chi connectivity index (χ1n) is 8.17. The maximum atomic E-state index is 6.04. The van der Waals surface area contributed by atoms with Crippen LogP contribution in [0.5, 0.6) is 5.75 Å². The first kappa shape index (κ1) is 19.1. The van der Waals surface area contributed by atoms with Crippen molar-refractivity contribution in [2.24, 2.45) is 0 Å². The van der Waals surface area contributed by atoms with Crippen LogP contribution < -0.4 is 10.1 Å². The van der Waals surface area contributed by atoms with E-state index in [-0.39, 0.29) is 0 Å². The Morgan fingerprint density at radius 3 is 2.31 bits per heavy atom. The minimum Gasteiger partial charge on any atom is -0.488 e. The van der Waals surface area contributed by atoms with Gasteiger partial charge in [0.25, 0.3) is 0 Å². The molecule has 2 nitrogen and oxygen atoms in total. The fraction of sp³-hybridized carbons (Fsp3) is 0.143. The van der Waals surface area contributed by atoms with Gasteiger partial charge in [-0.3, -0.25) is 0 Å². The lowest BCUT2D eigenvalue weighted by molar-refractivity contribution is 0.304. The van der Waals surface area contributed by atoms with Crippen molar-refractivity contribution in [2.75, 3.05) is 5.32 Å². The summed E-state index contributed by atoms with van der Waals surface area (Å²) in [5, 5.41) is 4.42. The Labute approximate surface area is 172 Å². The molecule has 0 heterocycles. The van der Waals surface area contributed by atoms with Crippen molar-refractivity contribution in [3.05, 3.63) is 91.9 Å². The normalized spacial score (nSPS) is 10.6. The van der Waals surface area contributed by atoms with Crippen molar-refractivity contribution in [1.82, 2.24) is 0 Å². The van der Waals surface area contributed by atoms with Crippen molar-refractivity contribution in [3.8, 4) is 5.75 Å². The first-order chi connectivity index (χ1) is 12.5. The number of ether oxygens (including phenoxy) is 1. The molecule has 0 bridgehead atoms. The van der Waals surface area contributed by atoms with E-state index >= 15 is 0 Å². The molecule has 0 radical (unpaired) electrons. The molecule has 0 aliphatic carbocycles. The molecule has 26 heavy (non-hydrogen) atoms. The molecule has 3 rings (SSSR count). The summed E-state index contributed by atoms with van der Waals surface area (Å²) in [6.45, 7) is 3.29. The second-order valence-electron chi connectivity index (χ2n) is 6.02. The fourth-order valence-electron chi connectivity index (χ4n) is 2.43. The minimum absolute atomic E-state index is 0.540. The Bertz CT molecular complexity index is 897. The maximum absolute atomic E-state index is 6.04. The van der Waals surface area contributed by atoms with Gasteiger partial charge in [-0.05, 0) is 64.3 Å². The van der Waals surface area contributed by atoms with Crippen LogP contribution in [0.3, 0.4) is 0 Å². The number of rotatable bonds is 6. The predicted octanol–water partition coefficient (Wildman–Crippen LogP) is 7.26. The average Bonchev–Trinajstić information content (AvgIpc) is 2.63. The van der Waals surface area contributed by atoms with Gasteiger partial charge in [0, 0.05) is 12.2 Å². The van der Waals surface area contributed by atoms with E-state index in [9.17, 15) is 0 Å². The van der Waals surface area contributed by atoms with Crippen LogP contribution in [0.2, 0.25) is 10.0 Å². The Morgan fingerprint density at radius 1 is 0.885 bits per heavy atom. The SMILES string of the molecule is Cc1ccc(COc2ccc(CNc3ccc(Cl)c(Cl)c3)cc2Br)cc1. The molecule has 0 atom stereocenters. The van der Waals surface area contributed by atoms with Gasteiger partial charge < -0.3 is 10.1 Å². The van der Waals surface area contributed by atoms with Gasteiger partial charge in [0.2, 0.25) is 0 Å². The topological polar surface area (TPSA) is 21.3 Å². The maximum Gasteiger partial charge on any atom is 0.134 e. The number of aryl methyl sites for hydroxylation is 1. The van der Waals surface area contributed by atoms with E-state index in [4.69, 9.17) is 27.9 Å². The summed E-state index contributed by atoms with van der Waals surface area (Å²) in [5.41, 5.74) is 4.45. The van der Waals surface area contributed by atoms with Crippen molar-refractivity contribution in [2.45, 2.75) is 20.1 Å². The lowest BCUT2D eigenvalue weighted by Crippen LogP contribution is -2.00. The van der Waals surface area contributed by atoms with Crippen LogP contribution in [0.25, 0.3) is 0 Å². The van der Waals surface area contributed by atoms with E-state index in [0.29, 0.717) is 23.2 Å². The third-order valence-electron chi connectivity index (χ3n) is 3.93. The fourth-order valence-corrected chi connectivity index (χ4v) is 3.27. The van der Waals surface area contributed by atoms with Crippen molar-refractivity contribution in [1.29, 1.82) is 0 Å². The van der Waals surface area contributed by atoms with E-state index in [1.165, 1.54) is 5.56 Å². The highest BCUT2D eigenvalue weighted by Gasteiger charge is 2.05. The minimum atomic E-state index is 0.540. The summed E-state index contributed by atoms with van der Waals surface area (Å²) in [7, 11) is 0. The molecule has 0 spiro atoms. The van der Waals surface area contributed by atoms with Crippen LogP contribution in [-0.2, 0) is 13.2 Å². The third kappa shape index (κ3) is 5.16. The summed E-state index contributed by atoms with van der Waals surface area (Å²) < 4.78 is 6.84. The van der Waals surface area contributed by atoms with Gasteiger partial charge in [-0.1, -0.05) is 59.1 Å². The second-order valence-corrected chi connectivity index (χ2v) is 7.69. The summed E-state index contributed by atoms with van der Waals surface area (Å²) in [6, 6.07) is 19.9. The van der Waals surface area contributed by atoms with E-state index in [2.05, 4.69) is 58.5 Å². The smallest absolute Gasteiger partial charge is 0.134 e.